The number of rotatable bonds is 7. The summed E-state index contributed by atoms with van der Waals surface area (Å²) in [5.74, 6) is 1.87. The van der Waals surface area contributed by atoms with E-state index in [9.17, 15) is 4.79 Å². The largest absolute Gasteiger partial charge is 0.362 e. The highest BCUT2D eigenvalue weighted by atomic mass is 16.1. The molecule has 1 aliphatic rings. The van der Waals surface area contributed by atoms with E-state index in [0.29, 0.717) is 18.5 Å². The summed E-state index contributed by atoms with van der Waals surface area (Å²) in [5.41, 5.74) is 3.46. The van der Waals surface area contributed by atoms with Crippen LogP contribution in [0, 0.1) is 12.8 Å². The van der Waals surface area contributed by atoms with Gasteiger partial charge in [0.05, 0.1) is 5.52 Å². The third kappa shape index (κ3) is 5.36. The molecule has 0 atom stereocenters. The number of hydrogen-bond donors (Lipinski definition) is 2. The molecule has 0 radical (unpaired) electrons. The van der Waals surface area contributed by atoms with Crippen LogP contribution in [0.5, 0.6) is 0 Å². The van der Waals surface area contributed by atoms with Crippen LogP contribution < -0.4 is 15.5 Å². The number of aromatic nitrogens is 2. The molecule has 2 N–H and O–H groups in total. The number of aryl methyl sites for hydroxylation is 1. The van der Waals surface area contributed by atoms with E-state index >= 15 is 0 Å². The molecule has 1 amide bonds. The highest BCUT2D eigenvalue weighted by Gasteiger charge is 2.26. The van der Waals surface area contributed by atoms with Gasteiger partial charge in [0.2, 0.25) is 11.9 Å². The van der Waals surface area contributed by atoms with Gasteiger partial charge in [-0.1, -0.05) is 42.0 Å². The van der Waals surface area contributed by atoms with Gasteiger partial charge in [0.15, 0.2) is 0 Å². The van der Waals surface area contributed by atoms with Gasteiger partial charge in [-0.15, -0.1) is 0 Å². The molecule has 1 heterocycles. The molecule has 1 aromatic heterocycles. The maximum atomic E-state index is 12.6. The summed E-state index contributed by atoms with van der Waals surface area (Å²) in [6.45, 7) is 2.78. The topological polar surface area (TPSA) is 70.2 Å². The number of para-hydroxylation sites is 1. The molecule has 0 unspecified atom stereocenters. The van der Waals surface area contributed by atoms with Gasteiger partial charge in [-0.05, 0) is 56.7 Å². The van der Waals surface area contributed by atoms with Crippen molar-refractivity contribution < 1.29 is 4.79 Å². The monoisotopic (exact) mass is 431 g/mol. The third-order valence-electron chi connectivity index (χ3n) is 6.27. The zero-order valence-corrected chi connectivity index (χ0v) is 19.3. The minimum Gasteiger partial charge on any atom is -0.362 e. The Morgan fingerprint density at radius 3 is 2.44 bits per heavy atom. The molecule has 168 valence electrons. The van der Waals surface area contributed by atoms with E-state index in [1.54, 1.807) is 0 Å². The summed E-state index contributed by atoms with van der Waals surface area (Å²) in [7, 11) is 4.00. The predicted octanol–water partition coefficient (Wildman–Crippen LogP) is 4.33. The van der Waals surface area contributed by atoms with Crippen molar-refractivity contribution in [2.24, 2.45) is 5.92 Å². The molecule has 0 spiro atoms. The van der Waals surface area contributed by atoms with Crippen LogP contribution in [0.25, 0.3) is 10.9 Å². The van der Waals surface area contributed by atoms with E-state index in [-0.39, 0.29) is 11.8 Å². The van der Waals surface area contributed by atoms with Gasteiger partial charge in [-0.2, -0.15) is 4.98 Å². The average Bonchev–Trinajstić information content (AvgIpc) is 2.80. The predicted molar refractivity (Wildman–Crippen MR) is 131 cm³/mol. The first-order valence-corrected chi connectivity index (χ1v) is 11.5. The van der Waals surface area contributed by atoms with Crippen LogP contribution >= 0.6 is 0 Å². The van der Waals surface area contributed by atoms with Crippen molar-refractivity contribution >= 4 is 28.6 Å². The van der Waals surface area contributed by atoms with Crippen molar-refractivity contribution in [3.63, 3.8) is 0 Å². The normalized spacial score (nSPS) is 18.3. The Morgan fingerprint density at radius 1 is 1.00 bits per heavy atom. The van der Waals surface area contributed by atoms with Crippen molar-refractivity contribution in [1.82, 2.24) is 15.3 Å². The van der Waals surface area contributed by atoms with E-state index in [1.165, 1.54) is 11.1 Å². The molecular formula is C26H33N5O. The van der Waals surface area contributed by atoms with Crippen molar-refractivity contribution in [2.45, 2.75) is 45.1 Å². The molecular weight excluding hydrogens is 398 g/mol. The Labute approximate surface area is 190 Å². The van der Waals surface area contributed by atoms with Gasteiger partial charge in [-0.3, -0.25) is 4.79 Å². The van der Waals surface area contributed by atoms with E-state index in [4.69, 9.17) is 9.97 Å². The second kappa shape index (κ2) is 9.98. The second-order valence-electron chi connectivity index (χ2n) is 9.00. The number of fused-ring (bicyclic) bond motifs is 1. The fourth-order valence-corrected chi connectivity index (χ4v) is 4.38. The zero-order chi connectivity index (χ0) is 22.5. The quantitative estimate of drug-likeness (QED) is 0.583. The molecule has 4 rings (SSSR count). The van der Waals surface area contributed by atoms with Crippen molar-refractivity contribution in [3.05, 3.63) is 59.7 Å². The summed E-state index contributed by atoms with van der Waals surface area (Å²) in [4.78, 5) is 24.1. The lowest BCUT2D eigenvalue weighted by Crippen LogP contribution is -2.37. The lowest BCUT2D eigenvalue weighted by Gasteiger charge is -2.28. The van der Waals surface area contributed by atoms with Gasteiger partial charge in [0, 0.05) is 38.0 Å². The first-order valence-electron chi connectivity index (χ1n) is 11.5. The number of carbonyl (C=O) groups excluding carboxylic acids is 1. The first-order chi connectivity index (χ1) is 15.5. The van der Waals surface area contributed by atoms with Gasteiger partial charge >= 0.3 is 0 Å². The van der Waals surface area contributed by atoms with Crippen LogP contribution in [0.3, 0.4) is 0 Å². The lowest BCUT2D eigenvalue weighted by molar-refractivity contribution is -0.125. The standard InChI is InChI=1S/C26H33N5O/c1-18-8-10-19(11-9-18)16-17-27-25(32)20-12-14-21(15-13-20)28-26-29-23-7-5-4-6-22(23)24(30-26)31(2)3/h4-11,20-21H,12-17H2,1-3H3,(H,27,32)(H,28,29,30). The molecule has 0 bridgehead atoms. The van der Waals surface area contributed by atoms with Crippen molar-refractivity contribution in [1.29, 1.82) is 0 Å². The number of nitrogens with one attached hydrogen (secondary N) is 2. The van der Waals surface area contributed by atoms with Crippen LogP contribution in [0.15, 0.2) is 48.5 Å². The molecule has 1 aliphatic carbocycles. The molecule has 32 heavy (non-hydrogen) atoms. The Bertz CT molecular complexity index is 1060. The maximum Gasteiger partial charge on any atom is 0.225 e. The highest BCUT2D eigenvalue weighted by Crippen LogP contribution is 2.28. The Balaban J connectivity index is 1.28. The number of benzene rings is 2. The minimum atomic E-state index is 0.0981. The van der Waals surface area contributed by atoms with E-state index in [2.05, 4.69) is 47.9 Å². The average molecular weight is 432 g/mol. The molecule has 2 aromatic carbocycles. The van der Waals surface area contributed by atoms with E-state index in [1.807, 2.05) is 37.2 Å². The van der Waals surface area contributed by atoms with Crippen LogP contribution in [-0.4, -0.2) is 42.6 Å². The number of carbonyl (C=O) groups is 1. The van der Waals surface area contributed by atoms with Gasteiger partial charge in [0.1, 0.15) is 5.82 Å². The van der Waals surface area contributed by atoms with Crippen molar-refractivity contribution in [2.75, 3.05) is 30.9 Å². The van der Waals surface area contributed by atoms with Gasteiger partial charge < -0.3 is 15.5 Å². The summed E-state index contributed by atoms with van der Waals surface area (Å²) < 4.78 is 0. The molecule has 6 nitrogen and oxygen atoms in total. The third-order valence-corrected chi connectivity index (χ3v) is 6.27. The molecule has 0 aliphatic heterocycles. The SMILES string of the molecule is Cc1ccc(CCNC(=O)C2CCC(Nc3nc(N(C)C)c4ccccc4n3)CC2)cc1. The fraction of sp³-hybridized carbons (Fsp3) is 0.423. The number of hydrogen-bond acceptors (Lipinski definition) is 5. The number of anilines is 2. The molecule has 3 aromatic rings. The van der Waals surface area contributed by atoms with Gasteiger partial charge in [-0.25, -0.2) is 4.98 Å². The molecule has 6 heteroatoms. The molecule has 1 saturated carbocycles. The van der Waals surface area contributed by atoms with Gasteiger partial charge in [0.25, 0.3) is 0 Å². The lowest BCUT2D eigenvalue weighted by atomic mass is 9.85. The smallest absolute Gasteiger partial charge is 0.225 e. The van der Waals surface area contributed by atoms with Crippen LogP contribution in [0.2, 0.25) is 0 Å². The zero-order valence-electron chi connectivity index (χ0n) is 19.3. The Morgan fingerprint density at radius 2 is 1.72 bits per heavy atom. The Kier molecular flexibility index (Phi) is 6.88. The first kappa shape index (κ1) is 22.1. The van der Waals surface area contributed by atoms with Crippen molar-refractivity contribution in [3.8, 4) is 0 Å². The van der Waals surface area contributed by atoms with Crippen LogP contribution in [0.1, 0.15) is 36.8 Å². The summed E-state index contributed by atoms with van der Waals surface area (Å²) in [6.07, 6.45) is 4.55. The minimum absolute atomic E-state index is 0.0981. The summed E-state index contributed by atoms with van der Waals surface area (Å²) in [6, 6.07) is 16.9. The second-order valence-corrected chi connectivity index (χ2v) is 9.00. The van der Waals surface area contributed by atoms with E-state index < -0.39 is 0 Å². The maximum absolute atomic E-state index is 12.6. The highest BCUT2D eigenvalue weighted by molar-refractivity contribution is 5.90. The fourth-order valence-electron chi connectivity index (χ4n) is 4.38. The summed E-state index contributed by atoms with van der Waals surface area (Å²) >= 11 is 0. The Hall–Kier alpha value is -3.15. The van der Waals surface area contributed by atoms with Crippen LogP contribution in [-0.2, 0) is 11.2 Å². The molecule has 1 fully saturated rings. The van der Waals surface area contributed by atoms with Crippen LogP contribution in [0.4, 0.5) is 11.8 Å². The molecule has 0 saturated heterocycles. The van der Waals surface area contributed by atoms with E-state index in [0.717, 1.165) is 48.8 Å². The number of amides is 1. The summed E-state index contributed by atoms with van der Waals surface area (Å²) in [5, 5.41) is 7.70. The number of nitrogens with zero attached hydrogens (tertiary/aromatic N) is 3.